The molecule has 0 aliphatic heterocycles. The Labute approximate surface area is 78.4 Å². The Balaban J connectivity index is 2.28. The molecule has 0 saturated carbocycles. The molecule has 13 heavy (non-hydrogen) atoms. The van der Waals surface area contributed by atoms with E-state index in [4.69, 9.17) is 5.73 Å². The van der Waals surface area contributed by atoms with Crippen LogP contribution in [0.5, 0.6) is 0 Å². The number of rotatable bonds is 2. The van der Waals surface area contributed by atoms with Gasteiger partial charge in [-0.2, -0.15) is 0 Å². The predicted molar refractivity (Wildman–Crippen MR) is 52.6 cm³/mol. The second-order valence-electron chi connectivity index (χ2n) is 3.65. The lowest BCUT2D eigenvalue weighted by Gasteiger charge is -2.16. The number of fused-ring (bicyclic) bond motifs is 1. The van der Waals surface area contributed by atoms with Gasteiger partial charge in [-0.3, -0.25) is 0 Å². The zero-order valence-corrected chi connectivity index (χ0v) is 7.61. The van der Waals surface area contributed by atoms with Gasteiger partial charge in [0.1, 0.15) is 0 Å². The molecule has 70 valence electrons. The second-order valence-corrected chi connectivity index (χ2v) is 3.65. The zero-order valence-electron chi connectivity index (χ0n) is 7.61. The molecule has 2 atom stereocenters. The fourth-order valence-corrected chi connectivity index (χ4v) is 2.15. The molecule has 0 aromatic heterocycles. The molecule has 1 aliphatic rings. The van der Waals surface area contributed by atoms with Crippen LogP contribution in [0, 0.1) is 0 Å². The van der Waals surface area contributed by atoms with Crippen molar-refractivity contribution < 1.29 is 5.11 Å². The van der Waals surface area contributed by atoms with Crippen molar-refractivity contribution in [2.24, 2.45) is 5.73 Å². The number of benzene rings is 1. The van der Waals surface area contributed by atoms with Gasteiger partial charge in [0.25, 0.3) is 0 Å². The molecular formula is C11H15NO. The van der Waals surface area contributed by atoms with Gasteiger partial charge >= 0.3 is 0 Å². The Kier molecular flexibility index (Phi) is 2.34. The minimum absolute atomic E-state index is 0.265. The monoisotopic (exact) mass is 177 g/mol. The maximum absolute atomic E-state index is 9.68. The van der Waals surface area contributed by atoms with Gasteiger partial charge in [0.05, 0.1) is 6.10 Å². The van der Waals surface area contributed by atoms with Crippen LogP contribution in [0.4, 0.5) is 0 Å². The van der Waals surface area contributed by atoms with Crippen LogP contribution >= 0.6 is 0 Å². The first-order chi connectivity index (χ1) is 6.33. The molecule has 1 aromatic rings. The van der Waals surface area contributed by atoms with Crippen LogP contribution in [-0.4, -0.2) is 17.8 Å². The van der Waals surface area contributed by atoms with Crippen molar-refractivity contribution in [3.05, 3.63) is 35.4 Å². The van der Waals surface area contributed by atoms with Gasteiger partial charge in [-0.1, -0.05) is 24.3 Å². The van der Waals surface area contributed by atoms with Gasteiger partial charge in [0.2, 0.25) is 0 Å². The topological polar surface area (TPSA) is 46.2 Å². The van der Waals surface area contributed by atoms with Crippen molar-refractivity contribution >= 4 is 0 Å². The number of hydrogen-bond donors (Lipinski definition) is 2. The summed E-state index contributed by atoms with van der Waals surface area (Å²) in [6.07, 6.45) is 1.75. The van der Waals surface area contributed by atoms with Gasteiger partial charge in [0.15, 0.2) is 0 Å². The summed E-state index contributed by atoms with van der Waals surface area (Å²) >= 11 is 0. The number of aryl methyl sites for hydroxylation is 1. The Bertz CT molecular complexity index is 298. The van der Waals surface area contributed by atoms with E-state index in [2.05, 4.69) is 18.2 Å². The first-order valence-corrected chi connectivity index (χ1v) is 4.79. The van der Waals surface area contributed by atoms with E-state index in [0.29, 0.717) is 6.54 Å². The molecule has 2 unspecified atom stereocenters. The van der Waals surface area contributed by atoms with Crippen molar-refractivity contribution in [3.8, 4) is 0 Å². The number of aliphatic hydroxyl groups excluding tert-OH is 1. The van der Waals surface area contributed by atoms with Crippen LogP contribution in [-0.2, 0) is 6.42 Å². The van der Waals surface area contributed by atoms with Crippen LogP contribution in [0.3, 0.4) is 0 Å². The number of hydrogen-bond acceptors (Lipinski definition) is 2. The van der Waals surface area contributed by atoms with Crippen LogP contribution in [0.15, 0.2) is 24.3 Å². The average molecular weight is 177 g/mol. The lowest BCUT2D eigenvalue weighted by Crippen LogP contribution is -2.25. The van der Waals surface area contributed by atoms with Crippen molar-refractivity contribution in [1.82, 2.24) is 0 Å². The summed E-state index contributed by atoms with van der Waals surface area (Å²) in [4.78, 5) is 0. The molecule has 0 radical (unpaired) electrons. The van der Waals surface area contributed by atoms with Crippen molar-refractivity contribution in [2.45, 2.75) is 24.9 Å². The molecule has 2 heteroatoms. The quantitative estimate of drug-likeness (QED) is 0.709. The number of aliphatic hydroxyl groups is 1. The van der Waals surface area contributed by atoms with Crippen molar-refractivity contribution in [1.29, 1.82) is 0 Å². The molecule has 0 saturated heterocycles. The van der Waals surface area contributed by atoms with Gasteiger partial charge in [0, 0.05) is 12.5 Å². The molecule has 0 spiro atoms. The Morgan fingerprint density at radius 1 is 1.46 bits per heavy atom. The molecular weight excluding hydrogens is 162 g/mol. The van der Waals surface area contributed by atoms with Crippen molar-refractivity contribution in [3.63, 3.8) is 0 Å². The summed E-state index contributed by atoms with van der Waals surface area (Å²) in [6, 6.07) is 8.32. The smallest absolute Gasteiger partial charge is 0.0731 e. The Morgan fingerprint density at radius 3 is 3.00 bits per heavy atom. The molecule has 1 aliphatic carbocycles. The van der Waals surface area contributed by atoms with Crippen LogP contribution in [0.25, 0.3) is 0 Å². The molecule has 1 aromatic carbocycles. The zero-order chi connectivity index (χ0) is 9.26. The standard InChI is InChI=1S/C11H15NO/c12-7-11(13)10-6-5-8-3-1-2-4-9(8)10/h1-4,10-11,13H,5-7,12H2. The molecule has 0 fully saturated rings. The summed E-state index contributed by atoms with van der Waals surface area (Å²) < 4.78 is 0. The summed E-state index contributed by atoms with van der Waals surface area (Å²) in [5.41, 5.74) is 8.13. The molecule has 0 bridgehead atoms. The maximum Gasteiger partial charge on any atom is 0.0731 e. The third kappa shape index (κ3) is 1.47. The maximum atomic E-state index is 9.68. The molecule has 3 N–H and O–H groups in total. The normalized spacial score (nSPS) is 22.8. The van der Waals surface area contributed by atoms with Crippen LogP contribution < -0.4 is 5.73 Å². The first kappa shape index (κ1) is 8.73. The van der Waals surface area contributed by atoms with Crippen LogP contribution in [0.2, 0.25) is 0 Å². The minimum Gasteiger partial charge on any atom is -0.391 e. The highest BCUT2D eigenvalue weighted by Gasteiger charge is 2.26. The van der Waals surface area contributed by atoms with Gasteiger partial charge in [-0.15, -0.1) is 0 Å². The van der Waals surface area contributed by atoms with Crippen molar-refractivity contribution in [2.75, 3.05) is 6.54 Å². The number of nitrogens with two attached hydrogens (primary N) is 1. The van der Waals surface area contributed by atoms with E-state index in [1.54, 1.807) is 0 Å². The minimum atomic E-state index is -0.372. The predicted octanol–water partition coefficient (Wildman–Crippen LogP) is 1.04. The fourth-order valence-electron chi connectivity index (χ4n) is 2.15. The van der Waals surface area contributed by atoms with Gasteiger partial charge in [-0.05, 0) is 24.0 Å². The summed E-state index contributed by atoms with van der Waals surface area (Å²) in [5, 5.41) is 9.68. The Hall–Kier alpha value is -0.860. The van der Waals surface area contributed by atoms with E-state index >= 15 is 0 Å². The van der Waals surface area contributed by atoms with E-state index in [1.807, 2.05) is 6.07 Å². The molecule has 0 amide bonds. The highest BCUT2D eigenvalue weighted by molar-refractivity contribution is 5.35. The third-order valence-corrected chi connectivity index (χ3v) is 2.89. The lowest BCUT2D eigenvalue weighted by atomic mass is 9.95. The highest BCUT2D eigenvalue weighted by Crippen LogP contribution is 2.34. The van der Waals surface area contributed by atoms with E-state index in [9.17, 15) is 5.11 Å². The summed E-state index contributed by atoms with van der Waals surface area (Å²) in [5.74, 6) is 0.265. The second kappa shape index (κ2) is 3.48. The van der Waals surface area contributed by atoms with E-state index in [-0.39, 0.29) is 12.0 Å². The Morgan fingerprint density at radius 2 is 2.23 bits per heavy atom. The lowest BCUT2D eigenvalue weighted by molar-refractivity contribution is 0.151. The first-order valence-electron chi connectivity index (χ1n) is 4.79. The molecule has 2 rings (SSSR count). The third-order valence-electron chi connectivity index (χ3n) is 2.89. The average Bonchev–Trinajstić information content (AvgIpc) is 2.60. The van der Waals surface area contributed by atoms with E-state index < -0.39 is 0 Å². The highest BCUT2D eigenvalue weighted by atomic mass is 16.3. The van der Waals surface area contributed by atoms with Gasteiger partial charge in [-0.25, -0.2) is 0 Å². The largest absolute Gasteiger partial charge is 0.391 e. The SMILES string of the molecule is NCC(O)C1CCc2ccccc21. The van der Waals surface area contributed by atoms with Gasteiger partial charge < -0.3 is 10.8 Å². The van der Waals surface area contributed by atoms with Crippen LogP contribution in [0.1, 0.15) is 23.5 Å². The summed E-state index contributed by atoms with van der Waals surface area (Å²) in [7, 11) is 0. The molecule has 2 nitrogen and oxygen atoms in total. The van der Waals surface area contributed by atoms with E-state index in [1.165, 1.54) is 11.1 Å². The summed E-state index contributed by atoms with van der Waals surface area (Å²) in [6.45, 7) is 0.360. The molecule has 0 heterocycles. The van der Waals surface area contributed by atoms with E-state index in [0.717, 1.165) is 12.8 Å². The fraction of sp³-hybridized carbons (Fsp3) is 0.455.